The van der Waals surface area contributed by atoms with Crippen LogP contribution in [0.5, 0.6) is 0 Å². The van der Waals surface area contributed by atoms with Crippen LogP contribution in [-0.4, -0.2) is 29.8 Å². The molecular formula is C13H27N3O. The molecule has 0 heterocycles. The van der Waals surface area contributed by atoms with Crippen molar-refractivity contribution in [2.75, 3.05) is 6.54 Å². The minimum atomic E-state index is -0.239. The second kappa shape index (κ2) is 6.24. The molecule has 4 heteroatoms. The summed E-state index contributed by atoms with van der Waals surface area (Å²) in [6, 6.07) is 0.350. The maximum Gasteiger partial charge on any atom is 0.188 e. The molecule has 0 amide bonds. The van der Waals surface area contributed by atoms with Crippen LogP contribution in [0.2, 0.25) is 0 Å². The molecule has 1 aliphatic carbocycles. The summed E-state index contributed by atoms with van der Waals surface area (Å²) in [4.78, 5) is 4.38. The monoisotopic (exact) mass is 241 g/mol. The first-order chi connectivity index (χ1) is 7.98. The quantitative estimate of drug-likeness (QED) is 0.517. The van der Waals surface area contributed by atoms with Crippen molar-refractivity contribution in [3.05, 3.63) is 0 Å². The van der Waals surface area contributed by atoms with Crippen molar-refractivity contribution in [1.82, 2.24) is 5.32 Å². The van der Waals surface area contributed by atoms with Gasteiger partial charge in [-0.25, -0.2) is 0 Å². The Hall–Kier alpha value is -0.770. The number of hydrogen-bond donors (Lipinski definition) is 3. The van der Waals surface area contributed by atoms with E-state index < -0.39 is 0 Å². The van der Waals surface area contributed by atoms with E-state index in [4.69, 9.17) is 5.73 Å². The first-order valence-corrected chi connectivity index (χ1v) is 6.72. The summed E-state index contributed by atoms with van der Waals surface area (Å²) in [7, 11) is 0. The first-order valence-electron chi connectivity index (χ1n) is 6.72. The van der Waals surface area contributed by atoms with Gasteiger partial charge in [0.25, 0.3) is 0 Å². The van der Waals surface area contributed by atoms with Crippen LogP contribution in [0.1, 0.15) is 52.9 Å². The van der Waals surface area contributed by atoms with Crippen molar-refractivity contribution in [3.63, 3.8) is 0 Å². The Kier molecular flexibility index (Phi) is 5.25. The molecule has 0 aromatic rings. The number of nitrogens with one attached hydrogen (secondary N) is 1. The van der Waals surface area contributed by atoms with Gasteiger partial charge in [-0.1, -0.05) is 26.7 Å². The fourth-order valence-corrected chi connectivity index (χ4v) is 2.23. The fourth-order valence-electron chi connectivity index (χ4n) is 2.23. The second-order valence-corrected chi connectivity index (χ2v) is 5.57. The Bertz CT molecular complexity index is 267. The van der Waals surface area contributed by atoms with Gasteiger partial charge < -0.3 is 16.2 Å². The third-order valence-corrected chi connectivity index (χ3v) is 3.90. The molecular weight excluding hydrogens is 214 g/mol. The predicted molar refractivity (Wildman–Crippen MR) is 72.0 cm³/mol. The third-order valence-electron chi connectivity index (χ3n) is 3.90. The molecule has 1 saturated carbocycles. The van der Waals surface area contributed by atoms with E-state index >= 15 is 0 Å². The van der Waals surface area contributed by atoms with E-state index in [1.807, 2.05) is 0 Å². The van der Waals surface area contributed by atoms with Gasteiger partial charge in [0.15, 0.2) is 5.96 Å². The Labute approximate surface area is 105 Å². The maximum atomic E-state index is 10.0. The summed E-state index contributed by atoms with van der Waals surface area (Å²) in [5.41, 5.74) is 5.73. The molecule has 0 aromatic heterocycles. The number of nitrogens with two attached hydrogens (primary N) is 1. The van der Waals surface area contributed by atoms with E-state index in [0.29, 0.717) is 18.5 Å². The highest BCUT2D eigenvalue weighted by molar-refractivity contribution is 5.78. The molecule has 1 rings (SSSR count). The molecule has 0 saturated heterocycles. The molecule has 1 fully saturated rings. The highest BCUT2D eigenvalue weighted by atomic mass is 16.3. The lowest BCUT2D eigenvalue weighted by Gasteiger charge is -2.37. The normalized spacial score (nSPS) is 32.2. The summed E-state index contributed by atoms with van der Waals surface area (Å²) in [5.74, 6) is 0.498. The van der Waals surface area contributed by atoms with Gasteiger partial charge in [0, 0.05) is 11.5 Å². The van der Waals surface area contributed by atoms with Crippen molar-refractivity contribution in [1.29, 1.82) is 0 Å². The number of rotatable bonds is 4. The Morgan fingerprint density at radius 3 is 2.88 bits per heavy atom. The molecule has 0 radical (unpaired) electrons. The Balaban J connectivity index is 2.49. The first kappa shape index (κ1) is 14.3. The van der Waals surface area contributed by atoms with Gasteiger partial charge in [-0.2, -0.15) is 0 Å². The molecule has 0 bridgehead atoms. The van der Waals surface area contributed by atoms with E-state index in [1.54, 1.807) is 0 Å². The third kappa shape index (κ3) is 4.19. The van der Waals surface area contributed by atoms with Crippen LogP contribution in [0.3, 0.4) is 0 Å². The SMILES string of the molecule is CCC(C)NC(N)=NCC1(C)CCCCC1O. The van der Waals surface area contributed by atoms with Crippen molar-refractivity contribution in [2.24, 2.45) is 16.1 Å². The highest BCUT2D eigenvalue weighted by Gasteiger charge is 2.35. The van der Waals surface area contributed by atoms with Gasteiger partial charge >= 0.3 is 0 Å². The standard InChI is InChI=1S/C13H27N3O/c1-4-10(2)16-12(14)15-9-13(3)8-6-5-7-11(13)17/h10-11,17H,4-9H2,1-3H3,(H3,14,15,16). The largest absolute Gasteiger partial charge is 0.392 e. The summed E-state index contributed by atoms with van der Waals surface area (Å²) in [6.07, 6.45) is 5.02. The molecule has 0 aromatic carbocycles. The van der Waals surface area contributed by atoms with Crippen LogP contribution in [0.15, 0.2) is 4.99 Å². The molecule has 1 aliphatic rings. The molecule has 0 aliphatic heterocycles. The summed E-state index contributed by atoms with van der Waals surface area (Å²) in [5, 5.41) is 13.2. The zero-order chi connectivity index (χ0) is 12.9. The second-order valence-electron chi connectivity index (χ2n) is 5.57. The van der Waals surface area contributed by atoms with Crippen molar-refractivity contribution in [2.45, 2.75) is 65.0 Å². The summed E-state index contributed by atoms with van der Waals surface area (Å²) in [6.45, 7) is 6.91. The number of hydrogen-bond acceptors (Lipinski definition) is 2. The summed E-state index contributed by atoms with van der Waals surface area (Å²) >= 11 is 0. The fraction of sp³-hybridized carbons (Fsp3) is 0.923. The lowest BCUT2D eigenvalue weighted by Crippen LogP contribution is -2.41. The minimum Gasteiger partial charge on any atom is -0.392 e. The van der Waals surface area contributed by atoms with E-state index in [9.17, 15) is 5.11 Å². The van der Waals surface area contributed by atoms with Gasteiger partial charge in [-0.3, -0.25) is 4.99 Å². The zero-order valence-electron chi connectivity index (χ0n) is 11.4. The maximum absolute atomic E-state index is 10.0. The lowest BCUT2D eigenvalue weighted by molar-refractivity contribution is 0.00719. The van der Waals surface area contributed by atoms with E-state index in [2.05, 4.69) is 31.1 Å². The van der Waals surface area contributed by atoms with Crippen LogP contribution in [0, 0.1) is 5.41 Å². The molecule has 3 atom stereocenters. The molecule has 4 nitrogen and oxygen atoms in total. The Morgan fingerprint density at radius 1 is 1.59 bits per heavy atom. The van der Waals surface area contributed by atoms with E-state index in [0.717, 1.165) is 25.7 Å². The van der Waals surface area contributed by atoms with Crippen LogP contribution in [0.25, 0.3) is 0 Å². The molecule has 0 spiro atoms. The average Bonchev–Trinajstić information content (AvgIpc) is 2.31. The number of aliphatic hydroxyl groups excluding tert-OH is 1. The van der Waals surface area contributed by atoms with Crippen molar-refractivity contribution >= 4 is 5.96 Å². The van der Waals surface area contributed by atoms with Crippen LogP contribution < -0.4 is 11.1 Å². The van der Waals surface area contributed by atoms with Gasteiger partial charge in [-0.15, -0.1) is 0 Å². The Morgan fingerprint density at radius 2 is 2.29 bits per heavy atom. The molecule has 17 heavy (non-hydrogen) atoms. The van der Waals surface area contributed by atoms with Crippen molar-refractivity contribution in [3.8, 4) is 0 Å². The van der Waals surface area contributed by atoms with Crippen molar-refractivity contribution < 1.29 is 5.11 Å². The summed E-state index contributed by atoms with van der Waals surface area (Å²) < 4.78 is 0. The molecule has 4 N–H and O–H groups in total. The topological polar surface area (TPSA) is 70.6 Å². The van der Waals surface area contributed by atoms with Gasteiger partial charge in [0.05, 0.1) is 12.6 Å². The molecule has 3 unspecified atom stereocenters. The molecule has 100 valence electrons. The number of guanidine groups is 1. The predicted octanol–water partition coefficient (Wildman–Crippen LogP) is 1.63. The van der Waals surface area contributed by atoms with Gasteiger partial charge in [-0.05, 0) is 26.2 Å². The van der Waals surface area contributed by atoms with Gasteiger partial charge in [0.2, 0.25) is 0 Å². The van der Waals surface area contributed by atoms with E-state index in [-0.39, 0.29) is 11.5 Å². The zero-order valence-corrected chi connectivity index (χ0v) is 11.4. The van der Waals surface area contributed by atoms with Gasteiger partial charge in [0.1, 0.15) is 0 Å². The number of aliphatic imine (C=N–C) groups is 1. The van der Waals surface area contributed by atoms with Crippen LogP contribution >= 0.6 is 0 Å². The van der Waals surface area contributed by atoms with E-state index in [1.165, 1.54) is 6.42 Å². The average molecular weight is 241 g/mol. The number of nitrogens with zero attached hydrogens (tertiary/aromatic N) is 1. The minimum absolute atomic E-state index is 0.0972. The lowest BCUT2D eigenvalue weighted by atomic mass is 9.73. The van der Waals surface area contributed by atoms with Crippen LogP contribution in [0.4, 0.5) is 0 Å². The van der Waals surface area contributed by atoms with Crippen LogP contribution in [-0.2, 0) is 0 Å². The number of aliphatic hydroxyl groups is 1. The smallest absolute Gasteiger partial charge is 0.188 e. The highest BCUT2D eigenvalue weighted by Crippen LogP contribution is 2.36.